The standard InChI is InChI=1S/C19H29N3O3S/c1-4-20-14-19(11-12-19)15-7-9-16(10-8-15)22-13-5-6-17(18(22)23)21(2)26(3,24)25/h7-10,17,20H,4-6,11-14H2,1-3H3. The summed E-state index contributed by atoms with van der Waals surface area (Å²) in [5.41, 5.74) is 2.42. The van der Waals surface area contributed by atoms with Crippen LogP contribution in [-0.2, 0) is 20.2 Å². The van der Waals surface area contributed by atoms with Crippen molar-refractivity contribution in [2.24, 2.45) is 0 Å². The Balaban J connectivity index is 1.75. The summed E-state index contributed by atoms with van der Waals surface area (Å²) in [5.74, 6) is -0.134. The minimum Gasteiger partial charge on any atom is -0.316 e. The van der Waals surface area contributed by atoms with Crippen molar-refractivity contribution in [2.45, 2.75) is 44.1 Å². The Hall–Kier alpha value is -1.44. The number of sulfonamides is 1. The molecule has 2 fully saturated rings. The van der Waals surface area contributed by atoms with Gasteiger partial charge in [0.25, 0.3) is 0 Å². The maximum atomic E-state index is 12.9. The molecule has 1 aliphatic carbocycles. The van der Waals surface area contributed by atoms with E-state index in [9.17, 15) is 13.2 Å². The van der Waals surface area contributed by atoms with Crippen LogP contribution in [0.25, 0.3) is 0 Å². The summed E-state index contributed by atoms with van der Waals surface area (Å²) in [6, 6.07) is 7.64. The van der Waals surface area contributed by atoms with Crippen LogP contribution < -0.4 is 10.2 Å². The van der Waals surface area contributed by atoms with Crippen molar-refractivity contribution >= 4 is 21.6 Å². The quantitative estimate of drug-likeness (QED) is 0.783. The Morgan fingerprint density at radius 2 is 1.92 bits per heavy atom. The van der Waals surface area contributed by atoms with E-state index in [1.165, 1.54) is 29.8 Å². The average Bonchev–Trinajstić information content (AvgIpc) is 3.40. The van der Waals surface area contributed by atoms with Gasteiger partial charge in [0.2, 0.25) is 15.9 Å². The Morgan fingerprint density at radius 1 is 1.27 bits per heavy atom. The van der Waals surface area contributed by atoms with Crippen LogP contribution in [0.15, 0.2) is 24.3 Å². The van der Waals surface area contributed by atoms with Crippen LogP contribution in [0.4, 0.5) is 5.69 Å². The van der Waals surface area contributed by atoms with Crippen LogP contribution in [0.3, 0.4) is 0 Å². The highest BCUT2D eigenvalue weighted by molar-refractivity contribution is 7.88. The summed E-state index contributed by atoms with van der Waals surface area (Å²) in [6.07, 6.45) is 4.91. The fourth-order valence-corrected chi connectivity index (χ4v) is 4.42. The van der Waals surface area contributed by atoms with E-state index in [0.29, 0.717) is 13.0 Å². The number of carbonyl (C=O) groups is 1. The molecule has 1 aromatic rings. The summed E-state index contributed by atoms with van der Waals surface area (Å²) in [4.78, 5) is 14.6. The van der Waals surface area contributed by atoms with E-state index < -0.39 is 16.1 Å². The van der Waals surface area contributed by atoms with Gasteiger partial charge in [-0.05, 0) is 49.9 Å². The van der Waals surface area contributed by atoms with E-state index in [1.54, 1.807) is 4.90 Å². The van der Waals surface area contributed by atoms with Gasteiger partial charge in [-0.25, -0.2) is 8.42 Å². The zero-order chi connectivity index (χ0) is 18.9. The van der Waals surface area contributed by atoms with Gasteiger partial charge in [0.1, 0.15) is 6.04 Å². The molecular weight excluding hydrogens is 350 g/mol. The molecule has 1 aliphatic heterocycles. The lowest BCUT2D eigenvalue weighted by Gasteiger charge is -2.36. The van der Waals surface area contributed by atoms with Crippen molar-refractivity contribution in [3.8, 4) is 0 Å². The minimum absolute atomic E-state index is 0.134. The second-order valence-electron chi connectivity index (χ2n) is 7.53. The normalized spacial score (nSPS) is 22.7. The molecule has 1 heterocycles. The molecule has 144 valence electrons. The number of benzene rings is 1. The lowest BCUT2D eigenvalue weighted by Crippen LogP contribution is -2.52. The molecule has 0 radical (unpaired) electrons. The Kier molecular flexibility index (Phi) is 5.42. The molecule has 1 aromatic carbocycles. The third-order valence-corrected chi connectivity index (χ3v) is 7.03. The number of amides is 1. The van der Waals surface area contributed by atoms with Gasteiger partial charge in [0.15, 0.2) is 0 Å². The number of hydrogen-bond acceptors (Lipinski definition) is 4. The highest BCUT2D eigenvalue weighted by Crippen LogP contribution is 2.48. The fourth-order valence-electron chi connectivity index (χ4n) is 3.76. The predicted octanol–water partition coefficient (Wildman–Crippen LogP) is 1.71. The van der Waals surface area contributed by atoms with Gasteiger partial charge in [-0.15, -0.1) is 0 Å². The first-order valence-corrected chi connectivity index (χ1v) is 11.2. The summed E-state index contributed by atoms with van der Waals surface area (Å²) in [6.45, 7) is 4.71. The number of nitrogens with one attached hydrogen (secondary N) is 1. The molecule has 7 heteroatoms. The third-order valence-electron chi connectivity index (χ3n) is 5.73. The second-order valence-corrected chi connectivity index (χ2v) is 9.58. The van der Waals surface area contributed by atoms with Crippen LogP contribution in [0.2, 0.25) is 0 Å². The van der Waals surface area contributed by atoms with E-state index >= 15 is 0 Å². The molecule has 0 aromatic heterocycles. The lowest BCUT2D eigenvalue weighted by atomic mass is 9.95. The third kappa shape index (κ3) is 3.80. The number of carbonyl (C=O) groups excluding carboxylic acids is 1. The van der Waals surface area contributed by atoms with E-state index in [1.807, 2.05) is 12.1 Å². The molecule has 1 saturated carbocycles. The Morgan fingerprint density at radius 3 is 2.46 bits per heavy atom. The zero-order valence-corrected chi connectivity index (χ0v) is 16.7. The van der Waals surface area contributed by atoms with E-state index in [4.69, 9.17) is 0 Å². The molecule has 1 unspecified atom stereocenters. The summed E-state index contributed by atoms with van der Waals surface area (Å²) >= 11 is 0. The van der Waals surface area contributed by atoms with Crippen LogP contribution in [0.1, 0.15) is 38.2 Å². The molecule has 1 atom stereocenters. The maximum absolute atomic E-state index is 12.9. The number of likely N-dealkylation sites (N-methyl/N-ethyl adjacent to an activating group) is 2. The van der Waals surface area contributed by atoms with E-state index in [-0.39, 0.29) is 11.3 Å². The minimum atomic E-state index is -3.39. The topological polar surface area (TPSA) is 69.7 Å². The Bertz CT molecular complexity index is 757. The number of hydrogen-bond donors (Lipinski definition) is 1. The predicted molar refractivity (Wildman–Crippen MR) is 104 cm³/mol. The maximum Gasteiger partial charge on any atom is 0.245 e. The molecule has 3 rings (SSSR count). The van der Waals surface area contributed by atoms with Gasteiger partial charge in [0, 0.05) is 31.2 Å². The largest absolute Gasteiger partial charge is 0.316 e. The van der Waals surface area contributed by atoms with Crippen molar-refractivity contribution in [1.82, 2.24) is 9.62 Å². The smallest absolute Gasteiger partial charge is 0.245 e. The van der Waals surface area contributed by atoms with Crippen molar-refractivity contribution in [1.29, 1.82) is 0 Å². The number of anilines is 1. The van der Waals surface area contributed by atoms with E-state index in [2.05, 4.69) is 24.4 Å². The number of rotatable bonds is 7. The fraction of sp³-hybridized carbons (Fsp3) is 0.632. The average molecular weight is 380 g/mol. The lowest BCUT2D eigenvalue weighted by molar-refractivity contribution is -0.123. The van der Waals surface area contributed by atoms with Gasteiger partial charge in [-0.1, -0.05) is 19.1 Å². The van der Waals surface area contributed by atoms with Crippen molar-refractivity contribution in [3.63, 3.8) is 0 Å². The molecule has 1 N–H and O–H groups in total. The van der Waals surface area contributed by atoms with Gasteiger partial charge in [-0.2, -0.15) is 4.31 Å². The van der Waals surface area contributed by atoms with Crippen LogP contribution in [-0.4, -0.2) is 57.6 Å². The van der Waals surface area contributed by atoms with Gasteiger partial charge in [0.05, 0.1) is 6.26 Å². The van der Waals surface area contributed by atoms with Crippen molar-refractivity contribution in [3.05, 3.63) is 29.8 Å². The molecule has 1 amide bonds. The Labute approximate surface area is 156 Å². The van der Waals surface area contributed by atoms with Gasteiger partial charge in [-0.3, -0.25) is 4.79 Å². The van der Waals surface area contributed by atoms with Crippen LogP contribution in [0, 0.1) is 0 Å². The van der Waals surface area contributed by atoms with Crippen LogP contribution in [0.5, 0.6) is 0 Å². The van der Waals surface area contributed by atoms with Crippen molar-refractivity contribution < 1.29 is 13.2 Å². The zero-order valence-electron chi connectivity index (χ0n) is 15.9. The summed E-state index contributed by atoms with van der Waals surface area (Å²) in [7, 11) is -1.90. The molecular formula is C19H29N3O3S. The second kappa shape index (κ2) is 7.29. The molecule has 26 heavy (non-hydrogen) atoms. The number of nitrogens with zero attached hydrogens (tertiary/aromatic N) is 2. The highest BCUT2D eigenvalue weighted by atomic mass is 32.2. The SMILES string of the molecule is CCNCC1(c2ccc(N3CCCC(N(C)S(C)(=O)=O)C3=O)cc2)CC1. The van der Waals surface area contributed by atoms with Gasteiger partial charge >= 0.3 is 0 Å². The number of piperidine rings is 1. The first kappa shape index (κ1) is 19.3. The highest BCUT2D eigenvalue weighted by Gasteiger charge is 2.43. The molecule has 1 saturated heterocycles. The monoisotopic (exact) mass is 379 g/mol. The molecule has 2 aliphatic rings. The first-order valence-electron chi connectivity index (χ1n) is 9.34. The molecule has 6 nitrogen and oxygen atoms in total. The first-order chi connectivity index (χ1) is 12.3. The van der Waals surface area contributed by atoms with Crippen LogP contribution >= 0.6 is 0 Å². The van der Waals surface area contributed by atoms with Crippen molar-refractivity contribution in [2.75, 3.05) is 37.8 Å². The molecule has 0 bridgehead atoms. The van der Waals surface area contributed by atoms with Gasteiger partial charge < -0.3 is 10.2 Å². The summed E-state index contributed by atoms with van der Waals surface area (Å²) < 4.78 is 24.8. The summed E-state index contributed by atoms with van der Waals surface area (Å²) in [5, 5.41) is 3.44. The van der Waals surface area contributed by atoms with E-state index in [0.717, 1.165) is 31.5 Å². The molecule has 0 spiro atoms.